The summed E-state index contributed by atoms with van der Waals surface area (Å²) >= 11 is 4.06. The molecule has 3 aromatic rings. The third-order valence-corrected chi connectivity index (χ3v) is 15.0. The number of halogens is 3. The van der Waals surface area contributed by atoms with Crippen LogP contribution >= 0.6 is 11.6 Å². The number of hydrogen-bond donors (Lipinski definition) is 0. The van der Waals surface area contributed by atoms with Gasteiger partial charge in [0.2, 0.25) is 0 Å². The summed E-state index contributed by atoms with van der Waals surface area (Å²) in [6, 6.07) is 23.0. The summed E-state index contributed by atoms with van der Waals surface area (Å²) in [5.41, 5.74) is 10.3. The second-order valence-electron chi connectivity index (χ2n) is 12.0. The smallest absolute Gasteiger partial charge is 1.00 e. The van der Waals surface area contributed by atoms with E-state index in [4.69, 9.17) is 11.6 Å². The molecule has 4 heteroatoms. The Hall–Kier alpha value is -1.24. The van der Waals surface area contributed by atoms with Crippen LogP contribution in [0, 0.1) is 0 Å². The van der Waals surface area contributed by atoms with Crippen LogP contribution in [-0.2, 0) is 32.1 Å². The van der Waals surface area contributed by atoms with Gasteiger partial charge in [0.05, 0.1) is 0 Å². The Morgan fingerprint density at radius 2 is 1.35 bits per heavy atom. The number of fused-ring (bicyclic) bond motifs is 3. The summed E-state index contributed by atoms with van der Waals surface area (Å²) in [6.45, 7) is 13.9. The minimum absolute atomic E-state index is 0. The van der Waals surface area contributed by atoms with Crippen LogP contribution in [0.2, 0.25) is 5.02 Å². The third-order valence-electron chi connectivity index (χ3n) is 7.37. The van der Waals surface area contributed by atoms with Crippen molar-refractivity contribution in [2.24, 2.45) is 0 Å². The fourth-order valence-corrected chi connectivity index (χ4v) is 13.0. The first-order valence-electron chi connectivity index (χ1n) is 12.6. The molecular formula is C33H35Cl3Zr. The van der Waals surface area contributed by atoms with Gasteiger partial charge in [-0.2, -0.15) is 0 Å². The van der Waals surface area contributed by atoms with Gasteiger partial charge in [-0.15, -0.1) is 0 Å². The number of benzene rings is 3. The second-order valence-corrected chi connectivity index (χ2v) is 18.4. The molecular weight excluding hydrogens is 594 g/mol. The summed E-state index contributed by atoms with van der Waals surface area (Å²) in [7, 11) is 0. The minimum atomic E-state index is -2.37. The van der Waals surface area contributed by atoms with E-state index >= 15 is 0 Å². The Balaban J connectivity index is 0.00000190. The zero-order valence-electron chi connectivity index (χ0n) is 22.5. The first kappa shape index (κ1) is 30.3. The monoisotopic (exact) mass is 626 g/mol. The van der Waals surface area contributed by atoms with Crippen molar-refractivity contribution in [3.05, 3.63) is 115 Å². The average molecular weight is 629 g/mol. The molecule has 0 saturated heterocycles. The van der Waals surface area contributed by atoms with E-state index in [1.54, 1.807) is 14.4 Å². The largest absolute Gasteiger partial charge is 1.00 e. The van der Waals surface area contributed by atoms with Crippen molar-refractivity contribution in [3.63, 3.8) is 0 Å². The van der Waals surface area contributed by atoms with Crippen LogP contribution in [0.5, 0.6) is 0 Å². The maximum atomic E-state index is 6.43. The summed E-state index contributed by atoms with van der Waals surface area (Å²) in [5.74, 6) is 0. The maximum Gasteiger partial charge on any atom is -1.00 e. The van der Waals surface area contributed by atoms with Gasteiger partial charge < -0.3 is 24.8 Å². The van der Waals surface area contributed by atoms with Gasteiger partial charge in [0, 0.05) is 0 Å². The van der Waals surface area contributed by atoms with Crippen molar-refractivity contribution in [2.75, 3.05) is 0 Å². The van der Waals surface area contributed by atoms with Crippen molar-refractivity contribution in [3.8, 4) is 11.1 Å². The van der Waals surface area contributed by atoms with E-state index < -0.39 is 21.3 Å². The Bertz CT molecular complexity index is 1330. The SMILES string of the molecule is CC(C)(C)c1ccc2c(c1)[CH](/[Zr+2](=[CH]/c1cccc(Cl)c1)[C]1=CC=CC1)c1cc(C(C)(C)C)ccc1-2.[Cl-].[Cl-]. The van der Waals surface area contributed by atoms with Crippen molar-refractivity contribution in [1.82, 2.24) is 0 Å². The standard InChI is InChI=1S/C21H25.C7H5Cl.C5H5.2ClH.Zr/c1-20(2,3)16-7-9-18-14(12-16)11-15-13-17(21(4,5)6)8-10-19(15)18;1-6-3-2-4-7(8)5-6;1-2-4-5-3-1;;;/h7-13H,1-6H3;1-5H;1-3H,4H2;2*1H;/q;;;;;+2/p-2. The fraction of sp³-hybridized carbons (Fsp3) is 0.303. The van der Waals surface area contributed by atoms with Gasteiger partial charge in [0.1, 0.15) is 0 Å². The minimum Gasteiger partial charge on any atom is -1.00 e. The Morgan fingerprint density at radius 1 is 0.784 bits per heavy atom. The van der Waals surface area contributed by atoms with E-state index in [2.05, 4.69) is 118 Å². The van der Waals surface area contributed by atoms with Gasteiger partial charge >= 0.3 is 225 Å². The van der Waals surface area contributed by atoms with E-state index in [0.717, 1.165) is 11.4 Å². The van der Waals surface area contributed by atoms with Crippen LogP contribution < -0.4 is 24.8 Å². The van der Waals surface area contributed by atoms with E-state index in [9.17, 15) is 0 Å². The van der Waals surface area contributed by atoms with Gasteiger partial charge in [-0.05, 0) is 0 Å². The normalized spacial score (nSPS) is 14.5. The van der Waals surface area contributed by atoms with Crippen LogP contribution in [0.15, 0.2) is 82.2 Å². The molecule has 0 atom stereocenters. The topological polar surface area (TPSA) is 0 Å². The molecule has 0 radical (unpaired) electrons. The van der Waals surface area contributed by atoms with Crippen molar-refractivity contribution in [1.29, 1.82) is 0 Å². The molecule has 0 amide bonds. The molecule has 2 aliphatic carbocycles. The maximum absolute atomic E-state index is 6.43. The Kier molecular flexibility index (Phi) is 9.40. The summed E-state index contributed by atoms with van der Waals surface area (Å²) in [5, 5.41) is 0.817. The van der Waals surface area contributed by atoms with Crippen LogP contribution in [0.3, 0.4) is 0 Å². The number of hydrogen-bond acceptors (Lipinski definition) is 0. The molecule has 0 aliphatic heterocycles. The molecule has 0 spiro atoms. The van der Waals surface area contributed by atoms with Gasteiger partial charge in [-0.25, -0.2) is 0 Å². The summed E-state index contributed by atoms with van der Waals surface area (Å²) < 4.78 is 4.78. The van der Waals surface area contributed by atoms with E-state index in [1.807, 2.05) is 6.07 Å². The molecule has 2 aliphatic rings. The van der Waals surface area contributed by atoms with Crippen LogP contribution in [0.4, 0.5) is 0 Å². The molecule has 0 nitrogen and oxygen atoms in total. The number of allylic oxidation sites excluding steroid dienone is 4. The average Bonchev–Trinajstić information content (AvgIpc) is 3.42. The van der Waals surface area contributed by atoms with Crippen LogP contribution in [0.1, 0.15) is 79.4 Å². The Labute approximate surface area is 248 Å². The van der Waals surface area contributed by atoms with Gasteiger partial charge in [-0.3, -0.25) is 0 Å². The second kappa shape index (κ2) is 11.5. The molecule has 37 heavy (non-hydrogen) atoms. The Morgan fingerprint density at radius 3 is 1.81 bits per heavy atom. The van der Waals surface area contributed by atoms with E-state index in [0.29, 0.717) is 3.63 Å². The predicted molar refractivity (Wildman–Crippen MR) is 150 cm³/mol. The van der Waals surface area contributed by atoms with E-state index in [-0.39, 0.29) is 35.6 Å². The number of rotatable bonds is 3. The first-order valence-corrected chi connectivity index (χ1v) is 17.1. The van der Waals surface area contributed by atoms with Crippen molar-refractivity contribution >= 4 is 15.3 Å². The third kappa shape index (κ3) is 6.17. The molecule has 0 unspecified atom stereocenters. The molecule has 192 valence electrons. The van der Waals surface area contributed by atoms with Gasteiger partial charge in [-0.1, -0.05) is 0 Å². The van der Waals surface area contributed by atoms with E-state index in [1.165, 1.54) is 27.8 Å². The molecule has 0 heterocycles. The van der Waals surface area contributed by atoms with Crippen LogP contribution in [-0.4, -0.2) is 3.71 Å². The first-order chi connectivity index (χ1) is 16.5. The van der Waals surface area contributed by atoms with Gasteiger partial charge in [0.15, 0.2) is 0 Å². The molecule has 5 rings (SSSR count). The van der Waals surface area contributed by atoms with Gasteiger partial charge in [0.25, 0.3) is 0 Å². The quantitative estimate of drug-likeness (QED) is 0.418. The van der Waals surface area contributed by atoms with Crippen LogP contribution in [0.25, 0.3) is 11.1 Å². The molecule has 0 fully saturated rings. The molecule has 0 bridgehead atoms. The molecule has 0 saturated carbocycles. The van der Waals surface area contributed by atoms with Crippen molar-refractivity contribution < 1.29 is 46.1 Å². The summed E-state index contributed by atoms with van der Waals surface area (Å²) in [4.78, 5) is 0. The zero-order chi connectivity index (χ0) is 25.0. The van der Waals surface area contributed by atoms with Crippen molar-refractivity contribution in [2.45, 2.75) is 62.4 Å². The zero-order valence-corrected chi connectivity index (χ0v) is 27.2. The predicted octanol–water partition coefficient (Wildman–Crippen LogP) is 3.33. The molecule has 0 aromatic heterocycles. The molecule has 3 aromatic carbocycles. The fourth-order valence-electron chi connectivity index (χ4n) is 5.33. The summed E-state index contributed by atoms with van der Waals surface area (Å²) in [6.07, 6.45) is 8.09. The molecule has 0 N–H and O–H groups in total.